The fourth-order valence-corrected chi connectivity index (χ4v) is 2.99. The SMILES string of the molecule is CC.CCC.COC1CCC(c2cc(C)c(C)c(Cl)c2)CC1. The van der Waals surface area contributed by atoms with Crippen LogP contribution in [0.4, 0.5) is 0 Å². The van der Waals surface area contributed by atoms with Gasteiger partial charge in [-0.05, 0) is 68.2 Å². The Balaban J connectivity index is 0.000000789. The summed E-state index contributed by atoms with van der Waals surface area (Å²) in [5, 5.41) is 0.911. The van der Waals surface area contributed by atoms with Crippen LogP contribution in [-0.2, 0) is 4.74 Å². The van der Waals surface area contributed by atoms with Gasteiger partial charge in [-0.15, -0.1) is 0 Å². The van der Waals surface area contributed by atoms with E-state index in [4.69, 9.17) is 16.3 Å². The van der Waals surface area contributed by atoms with Gasteiger partial charge in [-0.25, -0.2) is 0 Å². The molecule has 128 valence electrons. The number of hydrogen-bond acceptors (Lipinski definition) is 1. The molecule has 1 aromatic carbocycles. The summed E-state index contributed by atoms with van der Waals surface area (Å²) in [6.45, 7) is 12.5. The molecule has 0 bridgehead atoms. The summed E-state index contributed by atoms with van der Waals surface area (Å²) in [7, 11) is 1.82. The first-order valence-electron chi connectivity index (χ1n) is 8.82. The van der Waals surface area contributed by atoms with Crippen molar-refractivity contribution in [2.45, 2.75) is 85.7 Å². The lowest BCUT2D eigenvalue weighted by atomic mass is 9.82. The Kier molecular flexibility index (Phi) is 11.7. The minimum atomic E-state index is 0.466. The molecule has 1 fully saturated rings. The zero-order valence-electron chi connectivity index (χ0n) is 15.6. The molecule has 0 amide bonds. The van der Waals surface area contributed by atoms with Crippen molar-refractivity contribution >= 4 is 11.6 Å². The fraction of sp³-hybridized carbons (Fsp3) is 0.700. The minimum absolute atomic E-state index is 0.466. The topological polar surface area (TPSA) is 9.23 Å². The molecule has 22 heavy (non-hydrogen) atoms. The van der Waals surface area contributed by atoms with Gasteiger partial charge in [0.2, 0.25) is 0 Å². The van der Waals surface area contributed by atoms with Gasteiger partial charge in [0.1, 0.15) is 0 Å². The van der Waals surface area contributed by atoms with Gasteiger partial charge in [0.15, 0.2) is 0 Å². The number of benzene rings is 1. The van der Waals surface area contributed by atoms with Gasteiger partial charge in [0, 0.05) is 12.1 Å². The van der Waals surface area contributed by atoms with Gasteiger partial charge in [-0.2, -0.15) is 0 Å². The van der Waals surface area contributed by atoms with Gasteiger partial charge in [-0.1, -0.05) is 51.8 Å². The highest BCUT2D eigenvalue weighted by molar-refractivity contribution is 6.31. The van der Waals surface area contributed by atoms with E-state index in [1.165, 1.54) is 48.8 Å². The monoisotopic (exact) mass is 326 g/mol. The lowest BCUT2D eigenvalue weighted by Gasteiger charge is -2.28. The molecule has 2 rings (SSSR count). The van der Waals surface area contributed by atoms with Crippen LogP contribution >= 0.6 is 11.6 Å². The molecule has 0 aliphatic heterocycles. The van der Waals surface area contributed by atoms with Gasteiger partial charge in [0.25, 0.3) is 0 Å². The molecule has 1 aliphatic carbocycles. The van der Waals surface area contributed by atoms with E-state index in [9.17, 15) is 0 Å². The molecule has 0 aromatic heterocycles. The Morgan fingerprint density at radius 3 is 1.95 bits per heavy atom. The van der Waals surface area contributed by atoms with Crippen molar-refractivity contribution in [2.75, 3.05) is 7.11 Å². The predicted molar refractivity (Wildman–Crippen MR) is 100 cm³/mol. The van der Waals surface area contributed by atoms with E-state index in [1.54, 1.807) is 0 Å². The van der Waals surface area contributed by atoms with E-state index < -0.39 is 0 Å². The normalized spacial score (nSPS) is 20.4. The molecule has 0 atom stereocenters. The van der Waals surface area contributed by atoms with E-state index in [1.807, 2.05) is 21.0 Å². The second-order valence-corrected chi connectivity index (χ2v) is 6.27. The highest BCUT2D eigenvalue weighted by Gasteiger charge is 2.22. The van der Waals surface area contributed by atoms with E-state index in [-0.39, 0.29) is 0 Å². The second-order valence-electron chi connectivity index (χ2n) is 5.86. The predicted octanol–water partition coefficient (Wildman–Crippen LogP) is 7.07. The summed E-state index contributed by atoms with van der Waals surface area (Å²) in [5.74, 6) is 0.665. The molecule has 0 heterocycles. The number of hydrogen-bond donors (Lipinski definition) is 0. The van der Waals surface area contributed by atoms with Crippen molar-refractivity contribution in [3.8, 4) is 0 Å². The summed E-state index contributed by atoms with van der Waals surface area (Å²) in [6, 6.07) is 4.46. The molecular weight excluding hydrogens is 292 g/mol. The maximum Gasteiger partial charge on any atom is 0.0571 e. The van der Waals surface area contributed by atoms with Crippen LogP contribution in [0.15, 0.2) is 12.1 Å². The quantitative estimate of drug-likeness (QED) is 0.564. The average molecular weight is 327 g/mol. The van der Waals surface area contributed by atoms with E-state index >= 15 is 0 Å². The van der Waals surface area contributed by atoms with Crippen molar-refractivity contribution in [2.24, 2.45) is 0 Å². The van der Waals surface area contributed by atoms with Crippen molar-refractivity contribution < 1.29 is 4.74 Å². The zero-order chi connectivity index (χ0) is 17.1. The third-order valence-electron chi connectivity index (χ3n) is 4.11. The lowest BCUT2D eigenvalue weighted by molar-refractivity contribution is 0.0658. The molecule has 0 saturated heterocycles. The number of ether oxygens (including phenoxy) is 1. The van der Waals surface area contributed by atoms with Crippen LogP contribution in [0.1, 0.15) is 82.4 Å². The van der Waals surface area contributed by atoms with Crippen molar-refractivity contribution in [3.05, 3.63) is 33.8 Å². The van der Waals surface area contributed by atoms with Crippen LogP contribution in [0.2, 0.25) is 5.02 Å². The summed E-state index contributed by atoms with van der Waals surface area (Å²) < 4.78 is 5.42. The fourth-order valence-electron chi connectivity index (χ4n) is 2.71. The maximum absolute atomic E-state index is 6.27. The van der Waals surface area contributed by atoms with Crippen molar-refractivity contribution in [1.29, 1.82) is 0 Å². The van der Waals surface area contributed by atoms with Gasteiger partial charge in [-0.3, -0.25) is 0 Å². The maximum atomic E-state index is 6.27. The molecule has 0 radical (unpaired) electrons. The van der Waals surface area contributed by atoms with Crippen LogP contribution in [0.25, 0.3) is 0 Å². The average Bonchev–Trinajstić information content (AvgIpc) is 2.55. The Morgan fingerprint density at radius 1 is 1.05 bits per heavy atom. The standard InChI is InChI=1S/C15H21ClO.C3H8.C2H6/c1-10-8-13(9-15(16)11(10)2)12-4-6-14(17-3)7-5-12;1-3-2;1-2/h8-9,12,14H,4-7H2,1-3H3;3H2,1-2H3;1-2H3. The molecular formula is C20H35ClO. The molecule has 1 nitrogen and oxygen atoms in total. The Bertz CT molecular complexity index is 383. The highest BCUT2D eigenvalue weighted by Crippen LogP contribution is 2.36. The Labute approximate surface area is 143 Å². The number of methoxy groups -OCH3 is 1. The molecule has 0 unspecified atom stereocenters. The first kappa shape index (κ1) is 21.5. The van der Waals surface area contributed by atoms with Gasteiger partial charge >= 0.3 is 0 Å². The molecule has 2 heteroatoms. The largest absolute Gasteiger partial charge is 0.381 e. The minimum Gasteiger partial charge on any atom is -0.381 e. The molecule has 0 N–H and O–H groups in total. The van der Waals surface area contributed by atoms with Gasteiger partial charge in [0.05, 0.1) is 6.10 Å². The van der Waals surface area contributed by atoms with Crippen LogP contribution in [-0.4, -0.2) is 13.2 Å². The number of halogens is 1. The molecule has 0 spiro atoms. The first-order valence-corrected chi connectivity index (χ1v) is 9.20. The zero-order valence-corrected chi connectivity index (χ0v) is 16.4. The third kappa shape index (κ3) is 6.71. The van der Waals surface area contributed by atoms with Crippen LogP contribution < -0.4 is 0 Å². The Hall–Kier alpha value is -0.530. The van der Waals surface area contributed by atoms with Crippen molar-refractivity contribution in [1.82, 2.24) is 0 Å². The third-order valence-corrected chi connectivity index (χ3v) is 4.50. The summed E-state index contributed by atoms with van der Waals surface area (Å²) >= 11 is 6.27. The summed E-state index contributed by atoms with van der Waals surface area (Å²) in [5.41, 5.74) is 3.93. The summed E-state index contributed by atoms with van der Waals surface area (Å²) in [6.07, 6.45) is 6.50. The summed E-state index contributed by atoms with van der Waals surface area (Å²) in [4.78, 5) is 0. The van der Waals surface area contributed by atoms with E-state index in [0.717, 1.165) is 5.02 Å². The number of rotatable bonds is 2. The van der Waals surface area contributed by atoms with E-state index in [2.05, 4.69) is 39.8 Å². The van der Waals surface area contributed by atoms with Gasteiger partial charge < -0.3 is 4.74 Å². The van der Waals surface area contributed by atoms with Crippen molar-refractivity contribution in [3.63, 3.8) is 0 Å². The molecule has 1 saturated carbocycles. The first-order chi connectivity index (χ1) is 10.5. The van der Waals surface area contributed by atoms with Crippen LogP contribution in [0, 0.1) is 13.8 Å². The molecule has 1 aromatic rings. The lowest BCUT2D eigenvalue weighted by Crippen LogP contribution is -2.19. The van der Waals surface area contributed by atoms with E-state index in [0.29, 0.717) is 12.0 Å². The van der Waals surface area contributed by atoms with Crippen LogP contribution in [0.3, 0.4) is 0 Å². The Morgan fingerprint density at radius 2 is 1.55 bits per heavy atom. The second kappa shape index (κ2) is 12.0. The van der Waals surface area contributed by atoms with Crippen LogP contribution in [0.5, 0.6) is 0 Å². The smallest absolute Gasteiger partial charge is 0.0571 e. The highest BCUT2D eigenvalue weighted by atomic mass is 35.5. The molecule has 1 aliphatic rings. The number of aryl methyl sites for hydroxylation is 1.